The first-order valence-corrected chi connectivity index (χ1v) is 7.58. The van der Waals surface area contributed by atoms with Crippen LogP contribution in [0.15, 0.2) is 16.7 Å². The second-order valence-corrected chi connectivity index (χ2v) is 5.98. The third-order valence-corrected chi connectivity index (χ3v) is 4.42. The molecular weight excluding hydrogens is 319 g/mol. The summed E-state index contributed by atoms with van der Waals surface area (Å²) in [5, 5.41) is 4.04. The summed E-state index contributed by atoms with van der Waals surface area (Å²) >= 11 is 1.18. The number of thiophene rings is 1. The summed E-state index contributed by atoms with van der Waals surface area (Å²) in [5.74, 6) is -1.45. The summed E-state index contributed by atoms with van der Waals surface area (Å²) in [7, 11) is 0. The van der Waals surface area contributed by atoms with E-state index in [1.807, 2.05) is 0 Å². The van der Waals surface area contributed by atoms with Crippen LogP contribution in [0.2, 0.25) is 0 Å². The van der Waals surface area contributed by atoms with E-state index in [2.05, 4.69) is 14.7 Å². The number of nitrogens with zero attached hydrogens (tertiary/aromatic N) is 3. The van der Waals surface area contributed by atoms with Crippen molar-refractivity contribution in [2.45, 2.75) is 31.9 Å². The summed E-state index contributed by atoms with van der Waals surface area (Å²) in [6.45, 7) is 0.624. The summed E-state index contributed by atoms with van der Waals surface area (Å²) in [5.41, 5.74) is 0. The number of hydrogen-bond donors (Lipinski definition) is 0. The van der Waals surface area contributed by atoms with Gasteiger partial charge in [-0.15, -0.1) is 11.3 Å². The molecule has 0 bridgehead atoms. The Bertz CT molecular complexity index is 680. The zero-order valence-electron chi connectivity index (χ0n) is 11.4. The average molecular weight is 331 g/mol. The Kier molecular flexibility index (Phi) is 3.90. The van der Waals surface area contributed by atoms with Gasteiger partial charge < -0.3 is 9.42 Å². The van der Waals surface area contributed by atoms with Crippen LogP contribution >= 0.6 is 11.3 Å². The second kappa shape index (κ2) is 5.71. The minimum absolute atomic E-state index is 0.0370. The fourth-order valence-electron chi connectivity index (χ4n) is 2.25. The minimum atomic E-state index is -4.66. The molecule has 1 aliphatic rings. The van der Waals surface area contributed by atoms with Gasteiger partial charge in [-0.1, -0.05) is 11.6 Å². The molecule has 3 heterocycles. The van der Waals surface area contributed by atoms with E-state index in [0.29, 0.717) is 22.8 Å². The van der Waals surface area contributed by atoms with E-state index in [1.165, 1.54) is 11.3 Å². The van der Waals surface area contributed by atoms with Crippen molar-refractivity contribution in [1.29, 1.82) is 0 Å². The Morgan fingerprint density at radius 2 is 2.05 bits per heavy atom. The van der Waals surface area contributed by atoms with Gasteiger partial charge in [-0.25, -0.2) is 0 Å². The molecule has 22 heavy (non-hydrogen) atoms. The first kappa shape index (κ1) is 15.0. The van der Waals surface area contributed by atoms with E-state index < -0.39 is 12.1 Å². The molecule has 0 aliphatic carbocycles. The lowest BCUT2D eigenvalue weighted by Crippen LogP contribution is -2.29. The molecule has 0 saturated carbocycles. The van der Waals surface area contributed by atoms with Crippen molar-refractivity contribution >= 4 is 22.2 Å². The third-order valence-electron chi connectivity index (χ3n) is 3.32. The van der Waals surface area contributed by atoms with Crippen molar-refractivity contribution in [3.8, 4) is 10.7 Å². The molecule has 0 N–H and O–H groups in total. The molecular formula is C13H12F3N3O2S. The van der Waals surface area contributed by atoms with Gasteiger partial charge in [0.05, 0.1) is 9.88 Å². The first-order chi connectivity index (χ1) is 10.4. The fraction of sp³-hybridized carbons (Fsp3) is 0.462. The number of amides is 1. The van der Waals surface area contributed by atoms with E-state index in [-0.39, 0.29) is 11.7 Å². The number of carbonyl (C=O) groups is 1. The molecule has 1 amide bonds. The van der Waals surface area contributed by atoms with Crippen LogP contribution in [0.5, 0.6) is 0 Å². The molecule has 0 radical (unpaired) electrons. The maximum absolute atomic E-state index is 12.5. The number of alkyl halides is 3. The Hall–Kier alpha value is -1.90. The maximum atomic E-state index is 12.5. The van der Waals surface area contributed by atoms with E-state index in [4.69, 9.17) is 0 Å². The lowest BCUT2D eigenvalue weighted by molar-refractivity contribution is -0.159. The van der Waals surface area contributed by atoms with Gasteiger partial charge in [-0.2, -0.15) is 18.2 Å². The number of hydrogen-bond acceptors (Lipinski definition) is 5. The van der Waals surface area contributed by atoms with Gasteiger partial charge >= 0.3 is 12.1 Å². The number of halogens is 3. The summed E-state index contributed by atoms with van der Waals surface area (Å²) in [4.78, 5) is 17.5. The van der Waals surface area contributed by atoms with Crippen LogP contribution in [0.1, 0.15) is 31.6 Å². The van der Waals surface area contributed by atoms with Crippen molar-refractivity contribution in [2.24, 2.45) is 0 Å². The average Bonchev–Trinajstić information content (AvgIpc) is 3.06. The fourth-order valence-corrected chi connectivity index (χ4v) is 3.22. The zero-order chi connectivity index (χ0) is 15.7. The van der Waals surface area contributed by atoms with Gasteiger partial charge in [0, 0.05) is 13.0 Å². The highest BCUT2D eigenvalue weighted by atomic mass is 32.1. The van der Waals surface area contributed by atoms with E-state index >= 15 is 0 Å². The molecule has 5 nitrogen and oxygen atoms in total. The smallest absolute Gasteiger partial charge is 0.329 e. The quantitative estimate of drug-likeness (QED) is 0.841. The Morgan fingerprint density at radius 3 is 2.77 bits per heavy atom. The minimum Gasteiger partial charge on any atom is -0.329 e. The predicted molar refractivity (Wildman–Crippen MR) is 73.4 cm³/mol. The molecule has 0 atom stereocenters. The van der Waals surface area contributed by atoms with Gasteiger partial charge in [-0.3, -0.25) is 4.79 Å². The van der Waals surface area contributed by atoms with E-state index in [9.17, 15) is 18.0 Å². The number of carbonyl (C=O) groups excluding carboxylic acids is 1. The van der Waals surface area contributed by atoms with Crippen molar-refractivity contribution in [1.82, 2.24) is 10.1 Å². The largest absolute Gasteiger partial charge is 0.471 e. The molecule has 0 aromatic carbocycles. The first-order valence-electron chi connectivity index (χ1n) is 6.76. The van der Waals surface area contributed by atoms with Crippen molar-refractivity contribution < 1.29 is 22.5 Å². The molecule has 1 fully saturated rings. The van der Waals surface area contributed by atoms with Crippen molar-refractivity contribution in [3.05, 3.63) is 18.0 Å². The van der Waals surface area contributed by atoms with Crippen LogP contribution in [0.25, 0.3) is 10.7 Å². The molecule has 2 aromatic rings. The molecule has 1 aliphatic heterocycles. The Morgan fingerprint density at radius 1 is 1.23 bits per heavy atom. The highest BCUT2D eigenvalue weighted by molar-refractivity contribution is 7.19. The number of aromatic nitrogens is 2. The molecule has 0 unspecified atom stereocenters. The van der Waals surface area contributed by atoms with Crippen LogP contribution in [0, 0.1) is 0 Å². The summed E-state index contributed by atoms with van der Waals surface area (Å²) in [6.07, 6.45) is -1.38. The maximum Gasteiger partial charge on any atom is 0.471 e. The highest BCUT2D eigenvalue weighted by Gasteiger charge is 2.38. The van der Waals surface area contributed by atoms with Crippen LogP contribution in [0.3, 0.4) is 0 Å². The summed E-state index contributed by atoms with van der Waals surface area (Å²) < 4.78 is 41.6. The van der Waals surface area contributed by atoms with Gasteiger partial charge in [0.25, 0.3) is 0 Å². The highest BCUT2D eigenvalue weighted by Crippen LogP contribution is 2.35. The zero-order valence-corrected chi connectivity index (χ0v) is 12.2. The van der Waals surface area contributed by atoms with E-state index in [0.717, 1.165) is 19.3 Å². The van der Waals surface area contributed by atoms with Crippen LogP contribution < -0.4 is 4.90 Å². The van der Waals surface area contributed by atoms with Crippen molar-refractivity contribution in [2.75, 3.05) is 11.4 Å². The van der Waals surface area contributed by atoms with Crippen LogP contribution in [0.4, 0.5) is 18.2 Å². The number of anilines is 1. The lowest BCUT2D eigenvalue weighted by Gasteiger charge is -2.17. The number of rotatable bonds is 2. The third kappa shape index (κ3) is 2.99. The monoisotopic (exact) mass is 331 g/mol. The SMILES string of the molecule is O=C1CCCCCN1c1ccc(-c2noc(C(F)(F)F)n2)s1. The molecule has 3 rings (SSSR count). The standard InChI is InChI=1S/C13H12F3N3O2S/c14-13(15,16)12-17-11(18-21-12)8-5-6-10(22-8)19-7-3-1-2-4-9(19)20/h5-6H,1-4,7H2. The van der Waals surface area contributed by atoms with E-state index in [1.54, 1.807) is 17.0 Å². The predicted octanol–water partition coefficient (Wildman–Crippen LogP) is 3.72. The molecule has 2 aromatic heterocycles. The van der Waals surface area contributed by atoms with Crippen LogP contribution in [-0.4, -0.2) is 22.6 Å². The van der Waals surface area contributed by atoms with Crippen LogP contribution in [-0.2, 0) is 11.0 Å². The molecule has 0 spiro atoms. The van der Waals surface area contributed by atoms with Crippen molar-refractivity contribution in [3.63, 3.8) is 0 Å². The normalized spacial score (nSPS) is 16.9. The molecule has 9 heteroatoms. The van der Waals surface area contributed by atoms with Gasteiger partial charge in [0.2, 0.25) is 11.7 Å². The Balaban J connectivity index is 1.84. The molecule has 118 valence electrons. The second-order valence-electron chi connectivity index (χ2n) is 4.91. The molecule has 1 saturated heterocycles. The van der Waals surface area contributed by atoms with Gasteiger partial charge in [0.15, 0.2) is 0 Å². The summed E-state index contributed by atoms with van der Waals surface area (Å²) in [6, 6.07) is 3.30. The topological polar surface area (TPSA) is 59.2 Å². The lowest BCUT2D eigenvalue weighted by atomic mass is 10.2. The van der Waals surface area contributed by atoms with Gasteiger partial charge in [0.1, 0.15) is 0 Å². The Labute approximate surface area is 127 Å². The van der Waals surface area contributed by atoms with Gasteiger partial charge in [-0.05, 0) is 25.0 Å².